The third-order valence-corrected chi connectivity index (χ3v) is 2.70. The summed E-state index contributed by atoms with van der Waals surface area (Å²) >= 11 is 0. The molecule has 0 unspecified atom stereocenters. The molecule has 4 nitrogen and oxygen atoms in total. The molecule has 0 fully saturated rings. The fourth-order valence-electron chi connectivity index (χ4n) is 1.93. The van der Waals surface area contributed by atoms with Gasteiger partial charge in [0.05, 0.1) is 18.1 Å². The predicted octanol–water partition coefficient (Wildman–Crippen LogP) is 3.01. The first kappa shape index (κ1) is 14.7. The van der Waals surface area contributed by atoms with Crippen molar-refractivity contribution in [2.45, 2.75) is 12.8 Å². The van der Waals surface area contributed by atoms with E-state index < -0.39 is 17.7 Å². The van der Waals surface area contributed by atoms with Crippen LogP contribution in [0.15, 0.2) is 41.3 Å². The maximum atomic E-state index is 12.4. The van der Waals surface area contributed by atoms with Crippen LogP contribution in [0.1, 0.15) is 5.56 Å². The monoisotopic (exact) mass is 294 g/mol. The number of nitriles is 1. The minimum atomic E-state index is -4.87. The molecule has 1 aromatic heterocycles. The average molecular weight is 294 g/mol. The second kappa shape index (κ2) is 5.71. The molecule has 0 aliphatic heterocycles. The molecule has 0 aliphatic rings. The highest BCUT2D eigenvalue weighted by molar-refractivity contribution is 5.72. The molecule has 0 bridgehead atoms. The molecule has 0 atom stereocenters. The number of H-pyrrole nitrogens is 1. The molecule has 108 valence electrons. The lowest BCUT2D eigenvalue weighted by atomic mass is 9.99. The van der Waals surface area contributed by atoms with Crippen molar-refractivity contribution in [1.82, 2.24) is 4.98 Å². The van der Waals surface area contributed by atoms with Crippen LogP contribution < -0.4 is 10.3 Å². The molecule has 1 N–H and O–H groups in total. The van der Waals surface area contributed by atoms with Crippen LogP contribution in [0.2, 0.25) is 0 Å². The van der Waals surface area contributed by atoms with Gasteiger partial charge in [-0.2, -0.15) is 5.26 Å². The van der Waals surface area contributed by atoms with Crippen LogP contribution in [-0.4, -0.2) is 11.3 Å². The number of alkyl halides is 3. The number of ether oxygens (including phenoxy) is 1. The maximum Gasteiger partial charge on any atom is 0.573 e. The van der Waals surface area contributed by atoms with Crippen molar-refractivity contribution in [2.75, 3.05) is 0 Å². The molecule has 0 spiro atoms. The summed E-state index contributed by atoms with van der Waals surface area (Å²) in [6, 6.07) is 8.66. The number of aromatic nitrogens is 1. The van der Waals surface area contributed by atoms with E-state index in [-0.39, 0.29) is 17.5 Å². The average Bonchev–Trinajstić information content (AvgIpc) is 2.39. The van der Waals surface area contributed by atoms with Crippen molar-refractivity contribution >= 4 is 0 Å². The van der Waals surface area contributed by atoms with Gasteiger partial charge in [-0.3, -0.25) is 4.79 Å². The lowest BCUT2D eigenvalue weighted by Gasteiger charge is -2.14. The number of nitrogens with zero attached hydrogens (tertiary/aromatic N) is 1. The molecule has 0 saturated carbocycles. The van der Waals surface area contributed by atoms with E-state index in [0.717, 1.165) is 6.07 Å². The van der Waals surface area contributed by atoms with E-state index in [1.165, 1.54) is 30.5 Å². The Morgan fingerprint density at radius 2 is 1.95 bits per heavy atom. The van der Waals surface area contributed by atoms with Gasteiger partial charge in [-0.15, -0.1) is 13.2 Å². The van der Waals surface area contributed by atoms with Crippen molar-refractivity contribution in [3.05, 3.63) is 52.4 Å². The van der Waals surface area contributed by atoms with Gasteiger partial charge in [0.25, 0.3) is 5.56 Å². The third-order valence-electron chi connectivity index (χ3n) is 2.70. The number of nitrogens with one attached hydrogen (secondary N) is 1. The van der Waals surface area contributed by atoms with E-state index in [1.54, 1.807) is 0 Å². The first-order valence-corrected chi connectivity index (χ1v) is 5.85. The number of pyridine rings is 1. The molecule has 0 saturated heterocycles. The second-order valence-electron chi connectivity index (χ2n) is 4.09. The Hall–Kier alpha value is -2.75. The summed E-state index contributed by atoms with van der Waals surface area (Å²) in [7, 11) is 0. The van der Waals surface area contributed by atoms with Crippen molar-refractivity contribution < 1.29 is 17.9 Å². The first-order chi connectivity index (χ1) is 9.92. The van der Waals surface area contributed by atoms with Gasteiger partial charge >= 0.3 is 6.36 Å². The highest BCUT2D eigenvalue weighted by Gasteiger charge is 2.32. The number of para-hydroxylation sites is 1. The molecule has 0 amide bonds. The van der Waals surface area contributed by atoms with Crippen molar-refractivity contribution in [1.29, 1.82) is 5.26 Å². The van der Waals surface area contributed by atoms with E-state index in [9.17, 15) is 18.0 Å². The van der Waals surface area contributed by atoms with Crippen LogP contribution >= 0.6 is 0 Å². The van der Waals surface area contributed by atoms with Crippen LogP contribution in [0.5, 0.6) is 5.75 Å². The smallest absolute Gasteiger partial charge is 0.405 e. The van der Waals surface area contributed by atoms with Crippen molar-refractivity contribution in [3.8, 4) is 22.9 Å². The first-order valence-electron chi connectivity index (χ1n) is 5.85. The van der Waals surface area contributed by atoms with E-state index in [2.05, 4.69) is 9.72 Å². The summed E-state index contributed by atoms with van der Waals surface area (Å²) in [6.07, 6.45) is -3.63. The Bertz CT molecular complexity index is 745. The minimum Gasteiger partial charge on any atom is -0.405 e. The second-order valence-corrected chi connectivity index (χ2v) is 4.09. The highest BCUT2D eigenvalue weighted by Crippen LogP contribution is 2.33. The maximum absolute atomic E-state index is 12.4. The zero-order valence-electron chi connectivity index (χ0n) is 10.6. The van der Waals surface area contributed by atoms with Gasteiger partial charge in [0, 0.05) is 11.8 Å². The zero-order valence-corrected chi connectivity index (χ0v) is 10.6. The summed E-state index contributed by atoms with van der Waals surface area (Å²) in [5.41, 5.74) is -0.263. The Labute approximate surface area is 117 Å². The fraction of sp³-hybridized carbons (Fsp3) is 0.143. The molecule has 1 heterocycles. The van der Waals surface area contributed by atoms with Gasteiger partial charge in [-0.1, -0.05) is 18.2 Å². The summed E-state index contributed by atoms with van der Waals surface area (Å²) in [5, 5.41) is 8.76. The molecule has 0 radical (unpaired) electrons. The molecule has 7 heteroatoms. The molecule has 0 aliphatic carbocycles. The van der Waals surface area contributed by atoms with Gasteiger partial charge in [0.15, 0.2) is 0 Å². The fourth-order valence-corrected chi connectivity index (χ4v) is 1.93. The van der Waals surface area contributed by atoms with Gasteiger partial charge in [0.1, 0.15) is 5.75 Å². The lowest BCUT2D eigenvalue weighted by molar-refractivity contribution is -0.274. The number of aromatic amines is 1. The van der Waals surface area contributed by atoms with E-state index >= 15 is 0 Å². The van der Waals surface area contributed by atoms with Crippen LogP contribution in [0.3, 0.4) is 0 Å². The normalized spacial score (nSPS) is 11.0. The van der Waals surface area contributed by atoms with Crippen LogP contribution in [0.4, 0.5) is 13.2 Å². The Kier molecular flexibility index (Phi) is 3.98. The summed E-state index contributed by atoms with van der Waals surface area (Å²) < 4.78 is 41.2. The molecule has 2 aromatic rings. The molecular weight excluding hydrogens is 285 g/mol. The van der Waals surface area contributed by atoms with Gasteiger partial charge in [0.2, 0.25) is 0 Å². The number of benzene rings is 1. The van der Waals surface area contributed by atoms with E-state index in [1.807, 2.05) is 6.07 Å². The SMILES string of the molecule is N#CCc1cc[nH]c(=O)c1-c1ccccc1OC(F)(F)F. The van der Waals surface area contributed by atoms with Crippen LogP contribution in [-0.2, 0) is 6.42 Å². The number of halogens is 3. The summed E-state index contributed by atoms with van der Waals surface area (Å²) in [6.45, 7) is 0. The highest BCUT2D eigenvalue weighted by atomic mass is 19.4. The van der Waals surface area contributed by atoms with Crippen LogP contribution in [0, 0.1) is 11.3 Å². The van der Waals surface area contributed by atoms with Gasteiger partial charge < -0.3 is 9.72 Å². The van der Waals surface area contributed by atoms with Gasteiger partial charge in [-0.25, -0.2) is 0 Å². The van der Waals surface area contributed by atoms with Crippen molar-refractivity contribution in [3.63, 3.8) is 0 Å². The molecule has 1 aromatic carbocycles. The van der Waals surface area contributed by atoms with Gasteiger partial charge in [-0.05, 0) is 17.7 Å². The Morgan fingerprint density at radius 1 is 1.24 bits per heavy atom. The predicted molar refractivity (Wildman–Crippen MR) is 68.5 cm³/mol. The standard InChI is InChI=1S/C14H9F3N2O2/c15-14(16,17)21-11-4-2-1-3-10(11)12-9(5-7-18)6-8-19-13(12)20/h1-4,6,8H,5H2,(H,19,20). The molecular formula is C14H9F3N2O2. The van der Waals surface area contributed by atoms with Crippen molar-refractivity contribution in [2.24, 2.45) is 0 Å². The lowest BCUT2D eigenvalue weighted by Crippen LogP contribution is -2.19. The Balaban J connectivity index is 2.63. The number of hydrogen-bond donors (Lipinski definition) is 1. The largest absolute Gasteiger partial charge is 0.573 e. The zero-order chi connectivity index (χ0) is 15.5. The topological polar surface area (TPSA) is 65.9 Å². The third kappa shape index (κ3) is 3.42. The van der Waals surface area contributed by atoms with E-state index in [0.29, 0.717) is 5.56 Å². The summed E-state index contributed by atoms with van der Waals surface area (Å²) in [4.78, 5) is 14.3. The summed E-state index contributed by atoms with van der Waals surface area (Å²) in [5.74, 6) is -0.485. The number of hydrogen-bond acceptors (Lipinski definition) is 3. The van der Waals surface area contributed by atoms with E-state index in [4.69, 9.17) is 5.26 Å². The van der Waals surface area contributed by atoms with Crippen LogP contribution in [0.25, 0.3) is 11.1 Å². The Morgan fingerprint density at radius 3 is 2.62 bits per heavy atom. The molecule has 2 rings (SSSR count). The number of rotatable bonds is 3. The quantitative estimate of drug-likeness (QED) is 0.946. The molecule has 21 heavy (non-hydrogen) atoms. The minimum absolute atomic E-state index is 0.00102.